The fraction of sp³-hybridized carbons (Fsp3) is 0.0909. The molecule has 0 radical (unpaired) electrons. The smallest absolute Gasteiger partial charge is 0.270 e. The molecule has 0 amide bonds. The van der Waals surface area contributed by atoms with Crippen LogP contribution in [-0.4, -0.2) is 14.9 Å². The number of nitro benzene ring substituents is 1. The molecule has 0 aliphatic rings. The highest BCUT2D eigenvalue weighted by Crippen LogP contribution is 2.29. The molecule has 6 heteroatoms. The van der Waals surface area contributed by atoms with Crippen LogP contribution in [0.5, 0.6) is 0 Å². The topological polar surface area (TPSA) is 72.2 Å². The Balaban J connectivity index is 1.81. The van der Waals surface area contributed by atoms with Crippen LogP contribution in [-0.2, 0) is 13.1 Å². The van der Waals surface area contributed by atoms with Gasteiger partial charge in [-0.05, 0) is 17.2 Å². The summed E-state index contributed by atoms with van der Waals surface area (Å²) in [5, 5.41) is 11.9. The third-order valence-electron chi connectivity index (χ3n) is 4.54. The zero-order valence-corrected chi connectivity index (χ0v) is 15.1. The highest BCUT2D eigenvalue weighted by atomic mass is 16.6. The van der Waals surface area contributed by atoms with Crippen LogP contribution < -0.4 is 4.90 Å². The van der Waals surface area contributed by atoms with Gasteiger partial charge in [-0.15, -0.1) is 0 Å². The Morgan fingerprint density at radius 1 is 0.821 bits per heavy atom. The van der Waals surface area contributed by atoms with Crippen molar-refractivity contribution in [2.45, 2.75) is 13.1 Å². The lowest BCUT2D eigenvalue weighted by Gasteiger charge is -2.25. The molecule has 0 bridgehead atoms. The summed E-state index contributed by atoms with van der Waals surface area (Å²) in [5.41, 5.74) is 2.98. The fourth-order valence-electron chi connectivity index (χ4n) is 3.21. The van der Waals surface area contributed by atoms with Crippen LogP contribution in [0.25, 0.3) is 10.9 Å². The second kappa shape index (κ2) is 7.84. The van der Waals surface area contributed by atoms with Crippen LogP contribution in [0.15, 0.2) is 85.2 Å². The van der Waals surface area contributed by atoms with Crippen molar-refractivity contribution in [1.82, 2.24) is 9.97 Å². The van der Waals surface area contributed by atoms with E-state index in [9.17, 15) is 10.1 Å². The minimum atomic E-state index is -0.394. The third-order valence-corrected chi connectivity index (χ3v) is 4.54. The van der Waals surface area contributed by atoms with Gasteiger partial charge in [0.1, 0.15) is 12.1 Å². The first-order valence-corrected chi connectivity index (χ1v) is 8.92. The highest BCUT2D eigenvalue weighted by molar-refractivity contribution is 5.91. The van der Waals surface area contributed by atoms with Gasteiger partial charge in [-0.3, -0.25) is 10.1 Å². The molecule has 6 nitrogen and oxygen atoms in total. The molecule has 0 aliphatic heterocycles. The molecule has 0 N–H and O–H groups in total. The number of rotatable bonds is 6. The Hall–Kier alpha value is -3.80. The van der Waals surface area contributed by atoms with Gasteiger partial charge in [-0.1, -0.05) is 60.7 Å². The second-order valence-electron chi connectivity index (χ2n) is 6.48. The number of nitro groups is 1. The zero-order valence-electron chi connectivity index (χ0n) is 15.1. The largest absolute Gasteiger partial charge is 0.347 e. The monoisotopic (exact) mass is 370 g/mol. The second-order valence-corrected chi connectivity index (χ2v) is 6.48. The molecule has 0 atom stereocenters. The maximum absolute atomic E-state index is 11.3. The van der Waals surface area contributed by atoms with Gasteiger partial charge in [-0.25, -0.2) is 9.97 Å². The predicted octanol–water partition coefficient (Wildman–Crippen LogP) is 4.74. The first kappa shape index (κ1) is 17.6. The molecular weight excluding hydrogens is 352 g/mol. The Bertz CT molecular complexity index is 1060. The lowest BCUT2D eigenvalue weighted by atomic mass is 10.1. The number of aromatic nitrogens is 2. The standard InChI is InChI=1S/C22H18N4O2/c27-26(28)19-11-12-21-20(13-19)22(24-16-23-21)25(14-17-7-3-1-4-8-17)15-18-9-5-2-6-10-18/h1-13,16H,14-15H2. The van der Waals surface area contributed by atoms with Gasteiger partial charge in [0.15, 0.2) is 0 Å². The number of nitrogens with zero attached hydrogens (tertiary/aromatic N) is 4. The number of benzene rings is 3. The number of fused-ring (bicyclic) bond motifs is 1. The maximum atomic E-state index is 11.3. The molecule has 0 aliphatic carbocycles. The van der Waals surface area contributed by atoms with E-state index in [4.69, 9.17) is 0 Å². The fourth-order valence-corrected chi connectivity index (χ4v) is 3.21. The Morgan fingerprint density at radius 3 is 2.00 bits per heavy atom. The average Bonchev–Trinajstić information content (AvgIpc) is 2.74. The summed E-state index contributed by atoms with van der Waals surface area (Å²) in [6.07, 6.45) is 1.51. The Kier molecular flexibility index (Phi) is 4.93. The van der Waals surface area contributed by atoms with Crippen molar-refractivity contribution in [3.8, 4) is 0 Å². The van der Waals surface area contributed by atoms with Crippen molar-refractivity contribution >= 4 is 22.4 Å². The summed E-state index contributed by atoms with van der Waals surface area (Å²) < 4.78 is 0. The van der Waals surface area contributed by atoms with E-state index in [0.29, 0.717) is 29.8 Å². The van der Waals surface area contributed by atoms with Crippen LogP contribution in [0.4, 0.5) is 11.5 Å². The van der Waals surface area contributed by atoms with Crippen LogP contribution in [0.2, 0.25) is 0 Å². The van der Waals surface area contributed by atoms with E-state index in [1.54, 1.807) is 12.1 Å². The van der Waals surface area contributed by atoms with E-state index in [1.807, 2.05) is 36.4 Å². The van der Waals surface area contributed by atoms with Gasteiger partial charge in [0.2, 0.25) is 0 Å². The molecule has 0 unspecified atom stereocenters. The van der Waals surface area contributed by atoms with Gasteiger partial charge in [0.05, 0.1) is 10.4 Å². The first-order chi connectivity index (χ1) is 13.7. The predicted molar refractivity (Wildman–Crippen MR) is 109 cm³/mol. The summed E-state index contributed by atoms with van der Waals surface area (Å²) in [6, 6.07) is 24.9. The van der Waals surface area contributed by atoms with Gasteiger partial charge in [0.25, 0.3) is 5.69 Å². The van der Waals surface area contributed by atoms with Gasteiger partial charge >= 0.3 is 0 Å². The molecule has 1 aromatic heterocycles. The average molecular weight is 370 g/mol. The van der Waals surface area contributed by atoms with E-state index < -0.39 is 4.92 Å². The van der Waals surface area contributed by atoms with E-state index in [-0.39, 0.29) is 5.69 Å². The van der Waals surface area contributed by atoms with Crippen molar-refractivity contribution in [1.29, 1.82) is 0 Å². The van der Waals surface area contributed by atoms with Gasteiger partial charge < -0.3 is 4.90 Å². The molecule has 0 spiro atoms. The van der Waals surface area contributed by atoms with Gasteiger partial charge in [0, 0.05) is 30.6 Å². The van der Waals surface area contributed by atoms with Crippen molar-refractivity contribution in [2.24, 2.45) is 0 Å². The lowest BCUT2D eigenvalue weighted by molar-refractivity contribution is -0.384. The number of non-ortho nitro benzene ring substituents is 1. The molecule has 0 saturated heterocycles. The third kappa shape index (κ3) is 3.81. The molecule has 4 aromatic rings. The molecule has 138 valence electrons. The molecular formula is C22H18N4O2. The Morgan fingerprint density at radius 2 is 1.43 bits per heavy atom. The van der Waals surface area contributed by atoms with Crippen molar-refractivity contribution in [2.75, 3.05) is 4.90 Å². The summed E-state index contributed by atoms with van der Waals surface area (Å²) in [4.78, 5) is 21.8. The highest BCUT2D eigenvalue weighted by Gasteiger charge is 2.16. The van der Waals surface area contributed by atoms with E-state index in [1.165, 1.54) is 12.4 Å². The van der Waals surface area contributed by atoms with Crippen LogP contribution in [0, 0.1) is 10.1 Å². The molecule has 1 heterocycles. The quantitative estimate of drug-likeness (QED) is 0.362. The zero-order chi connectivity index (χ0) is 19.3. The molecule has 0 fully saturated rings. The van der Waals surface area contributed by atoms with Crippen LogP contribution in [0.1, 0.15) is 11.1 Å². The van der Waals surface area contributed by atoms with Crippen molar-refractivity contribution in [3.63, 3.8) is 0 Å². The lowest BCUT2D eigenvalue weighted by Crippen LogP contribution is -2.23. The normalized spacial score (nSPS) is 10.7. The van der Waals surface area contributed by atoms with Crippen LogP contribution >= 0.6 is 0 Å². The van der Waals surface area contributed by atoms with E-state index in [2.05, 4.69) is 39.1 Å². The number of hydrogen-bond acceptors (Lipinski definition) is 5. The maximum Gasteiger partial charge on any atom is 0.270 e. The molecule has 3 aromatic carbocycles. The van der Waals surface area contributed by atoms with Crippen molar-refractivity contribution < 1.29 is 4.92 Å². The molecule has 4 rings (SSSR count). The van der Waals surface area contributed by atoms with E-state index >= 15 is 0 Å². The minimum absolute atomic E-state index is 0.0305. The minimum Gasteiger partial charge on any atom is -0.347 e. The number of anilines is 1. The molecule has 0 saturated carbocycles. The summed E-state index contributed by atoms with van der Waals surface area (Å²) in [6.45, 7) is 1.26. The molecule has 28 heavy (non-hydrogen) atoms. The van der Waals surface area contributed by atoms with Crippen molar-refractivity contribution in [3.05, 3.63) is 106 Å². The number of hydrogen-bond donors (Lipinski definition) is 0. The summed E-state index contributed by atoms with van der Waals surface area (Å²) >= 11 is 0. The summed E-state index contributed by atoms with van der Waals surface area (Å²) in [7, 11) is 0. The SMILES string of the molecule is O=[N+]([O-])c1ccc2ncnc(N(Cc3ccccc3)Cc3ccccc3)c2c1. The summed E-state index contributed by atoms with van der Waals surface area (Å²) in [5.74, 6) is 0.682. The Labute approximate surface area is 162 Å². The van der Waals surface area contributed by atoms with Gasteiger partial charge in [-0.2, -0.15) is 0 Å². The first-order valence-electron chi connectivity index (χ1n) is 8.92. The van der Waals surface area contributed by atoms with Crippen LogP contribution in [0.3, 0.4) is 0 Å². The van der Waals surface area contributed by atoms with E-state index in [0.717, 1.165) is 11.1 Å².